The maximum absolute atomic E-state index is 10.8. The van der Waals surface area contributed by atoms with Crippen LogP contribution in [0.3, 0.4) is 0 Å². The Balaban J connectivity index is 3.42. The van der Waals surface area contributed by atoms with E-state index in [1.165, 1.54) is 0 Å². The van der Waals surface area contributed by atoms with Gasteiger partial charge in [-0.3, -0.25) is 4.79 Å². The van der Waals surface area contributed by atoms with Gasteiger partial charge in [-0.1, -0.05) is 13.8 Å². The molecule has 0 spiro atoms. The SMILES string of the molecule is CCCOC(=O)C(C)CN. The van der Waals surface area contributed by atoms with Gasteiger partial charge in [0.05, 0.1) is 12.5 Å². The molecule has 2 N–H and O–H groups in total. The van der Waals surface area contributed by atoms with E-state index in [2.05, 4.69) is 0 Å². The van der Waals surface area contributed by atoms with Gasteiger partial charge in [0.15, 0.2) is 0 Å². The standard InChI is InChI=1S/C7H15NO2/c1-3-4-10-7(9)6(2)5-8/h6H,3-5,8H2,1-2H3. The zero-order valence-electron chi connectivity index (χ0n) is 6.59. The second kappa shape index (κ2) is 5.23. The summed E-state index contributed by atoms with van der Waals surface area (Å²) in [5.41, 5.74) is 5.24. The van der Waals surface area contributed by atoms with Crippen LogP contribution >= 0.6 is 0 Å². The molecule has 0 heterocycles. The fourth-order valence-electron chi connectivity index (χ4n) is 0.441. The molecule has 0 aliphatic rings. The number of esters is 1. The first-order chi connectivity index (χ1) is 4.72. The Hall–Kier alpha value is -0.570. The third-order valence-corrected chi connectivity index (χ3v) is 1.20. The molecular formula is C7H15NO2. The molecule has 3 nitrogen and oxygen atoms in total. The molecule has 10 heavy (non-hydrogen) atoms. The van der Waals surface area contributed by atoms with Crippen LogP contribution in [-0.4, -0.2) is 19.1 Å². The number of carbonyl (C=O) groups excluding carboxylic acids is 1. The first-order valence-corrected chi connectivity index (χ1v) is 3.59. The van der Waals surface area contributed by atoms with Gasteiger partial charge in [-0.25, -0.2) is 0 Å². The highest BCUT2D eigenvalue weighted by Crippen LogP contribution is 1.95. The molecular weight excluding hydrogens is 130 g/mol. The molecule has 0 bridgehead atoms. The summed E-state index contributed by atoms with van der Waals surface area (Å²) in [4.78, 5) is 10.8. The van der Waals surface area contributed by atoms with Crippen LogP contribution in [0.15, 0.2) is 0 Å². The summed E-state index contributed by atoms with van der Waals surface area (Å²) >= 11 is 0. The normalized spacial score (nSPS) is 12.7. The summed E-state index contributed by atoms with van der Waals surface area (Å²) in [5, 5.41) is 0. The van der Waals surface area contributed by atoms with Gasteiger partial charge in [0.25, 0.3) is 0 Å². The second-order valence-corrected chi connectivity index (χ2v) is 2.30. The van der Waals surface area contributed by atoms with E-state index in [1.807, 2.05) is 6.92 Å². The molecule has 0 saturated carbocycles. The van der Waals surface area contributed by atoms with Gasteiger partial charge in [0, 0.05) is 6.54 Å². The third kappa shape index (κ3) is 3.45. The van der Waals surface area contributed by atoms with Gasteiger partial charge in [-0.05, 0) is 6.42 Å². The van der Waals surface area contributed by atoms with Crippen molar-refractivity contribution in [2.24, 2.45) is 11.7 Å². The van der Waals surface area contributed by atoms with Gasteiger partial charge >= 0.3 is 5.97 Å². The number of nitrogens with two attached hydrogens (primary N) is 1. The van der Waals surface area contributed by atoms with Crippen LogP contribution in [0.4, 0.5) is 0 Å². The quantitative estimate of drug-likeness (QED) is 0.587. The fraction of sp³-hybridized carbons (Fsp3) is 0.857. The number of hydrogen-bond donors (Lipinski definition) is 1. The van der Waals surface area contributed by atoms with Crippen molar-refractivity contribution in [2.75, 3.05) is 13.2 Å². The van der Waals surface area contributed by atoms with Gasteiger partial charge in [-0.2, -0.15) is 0 Å². The van der Waals surface area contributed by atoms with Crippen LogP contribution in [0.25, 0.3) is 0 Å². The summed E-state index contributed by atoms with van der Waals surface area (Å²) < 4.78 is 4.82. The lowest BCUT2D eigenvalue weighted by Gasteiger charge is -2.06. The summed E-state index contributed by atoms with van der Waals surface area (Å²) in [6.45, 7) is 4.59. The van der Waals surface area contributed by atoms with Crippen molar-refractivity contribution >= 4 is 5.97 Å². The molecule has 0 aromatic heterocycles. The van der Waals surface area contributed by atoms with E-state index in [9.17, 15) is 4.79 Å². The Morgan fingerprint density at radius 3 is 2.70 bits per heavy atom. The van der Waals surface area contributed by atoms with Crippen LogP contribution in [0.1, 0.15) is 20.3 Å². The topological polar surface area (TPSA) is 52.3 Å². The Kier molecular flexibility index (Phi) is 4.94. The van der Waals surface area contributed by atoms with E-state index in [1.54, 1.807) is 6.92 Å². The second-order valence-electron chi connectivity index (χ2n) is 2.30. The molecule has 0 aliphatic heterocycles. The maximum atomic E-state index is 10.8. The van der Waals surface area contributed by atoms with Crippen molar-refractivity contribution in [3.8, 4) is 0 Å². The Morgan fingerprint density at radius 2 is 2.30 bits per heavy atom. The molecule has 1 atom stereocenters. The lowest BCUT2D eigenvalue weighted by Crippen LogP contribution is -2.22. The van der Waals surface area contributed by atoms with E-state index >= 15 is 0 Å². The minimum atomic E-state index is -0.190. The molecule has 0 aromatic carbocycles. The van der Waals surface area contributed by atoms with Crippen LogP contribution in [0, 0.1) is 5.92 Å². The van der Waals surface area contributed by atoms with Gasteiger partial charge in [0.1, 0.15) is 0 Å². The van der Waals surface area contributed by atoms with Crippen molar-refractivity contribution in [2.45, 2.75) is 20.3 Å². The third-order valence-electron chi connectivity index (χ3n) is 1.20. The van der Waals surface area contributed by atoms with E-state index in [4.69, 9.17) is 10.5 Å². The first kappa shape index (κ1) is 9.43. The van der Waals surface area contributed by atoms with Crippen molar-refractivity contribution < 1.29 is 9.53 Å². The first-order valence-electron chi connectivity index (χ1n) is 3.59. The van der Waals surface area contributed by atoms with Crippen molar-refractivity contribution in [3.63, 3.8) is 0 Å². The number of rotatable bonds is 4. The average Bonchev–Trinajstić information content (AvgIpc) is 1.98. The maximum Gasteiger partial charge on any atom is 0.309 e. The van der Waals surface area contributed by atoms with Crippen LogP contribution in [-0.2, 0) is 9.53 Å². The minimum Gasteiger partial charge on any atom is -0.465 e. The van der Waals surface area contributed by atoms with Gasteiger partial charge < -0.3 is 10.5 Å². The van der Waals surface area contributed by atoms with Crippen LogP contribution < -0.4 is 5.73 Å². The summed E-state index contributed by atoms with van der Waals surface area (Å²) in [5.74, 6) is -0.351. The highest BCUT2D eigenvalue weighted by atomic mass is 16.5. The minimum absolute atomic E-state index is 0.161. The van der Waals surface area contributed by atoms with Crippen LogP contribution in [0.2, 0.25) is 0 Å². The molecule has 0 rings (SSSR count). The molecule has 0 amide bonds. The van der Waals surface area contributed by atoms with E-state index < -0.39 is 0 Å². The Labute approximate surface area is 61.5 Å². The lowest BCUT2D eigenvalue weighted by molar-refractivity contribution is -0.147. The number of carbonyl (C=O) groups is 1. The largest absolute Gasteiger partial charge is 0.465 e. The monoisotopic (exact) mass is 145 g/mol. The summed E-state index contributed by atoms with van der Waals surface area (Å²) in [6, 6.07) is 0. The van der Waals surface area contributed by atoms with Gasteiger partial charge in [0.2, 0.25) is 0 Å². The molecule has 0 fully saturated rings. The highest BCUT2D eigenvalue weighted by Gasteiger charge is 2.10. The molecule has 0 aromatic rings. The Morgan fingerprint density at radius 1 is 1.70 bits per heavy atom. The van der Waals surface area contributed by atoms with E-state index in [0.29, 0.717) is 13.2 Å². The molecule has 0 aliphatic carbocycles. The highest BCUT2D eigenvalue weighted by molar-refractivity contribution is 5.72. The van der Waals surface area contributed by atoms with E-state index in [-0.39, 0.29) is 11.9 Å². The molecule has 3 heteroatoms. The average molecular weight is 145 g/mol. The zero-order valence-corrected chi connectivity index (χ0v) is 6.59. The zero-order chi connectivity index (χ0) is 7.98. The smallest absolute Gasteiger partial charge is 0.309 e. The molecule has 1 unspecified atom stereocenters. The Bertz CT molecular complexity index is 104. The van der Waals surface area contributed by atoms with Crippen molar-refractivity contribution in [1.82, 2.24) is 0 Å². The summed E-state index contributed by atoms with van der Waals surface area (Å²) in [6.07, 6.45) is 0.864. The number of ether oxygens (including phenoxy) is 1. The predicted octanol–water partition coefficient (Wildman–Crippen LogP) is 0.534. The van der Waals surface area contributed by atoms with Crippen molar-refractivity contribution in [1.29, 1.82) is 0 Å². The lowest BCUT2D eigenvalue weighted by atomic mass is 10.2. The molecule has 60 valence electrons. The van der Waals surface area contributed by atoms with E-state index in [0.717, 1.165) is 6.42 Å². The van der Waals surface area contributed by atoms with Gasteiger partial charge in [-0.15, -0.1) is 0 Å². The van der Waals surface area contributed by atoms with Crippen molar-refractivity contribution in [3.05, 3.63) is 0 Å². The molecule has 0 radical (unpaired) electrons. The summed E-state index contributed by atoms with van der Waals surface area (Å²) in [7, 11) is 0. The predicted molar refractivity (Wildman–Crippen MR) is 39.5 cm³/mol. The number of hydrogen-bond acceptors (Lipinski definition) is 3. The fourth-order valence-corrected chi connectivity index (χ4v) is 0.441. The van der Waals surface area contributed by atoms with Crippen LogP contribution in [0.5, 0.6) is 0 Å². The molecule has 0 saturated heterocycles.